The van der Waals surface area contributed by atoms with Gasteiger partial charge in [-0.05, 0) is 35.7 Å². The van der Waals surface area contributed by atoms with Gasteiger partial charge in [0.1, 0.15) is 5.82 Å². The number of carbonyl (C=O) groups is 1. The Morgan fingerprint density at radius 2 is 2.04 bits per heavy atom. The van der Waals surface area contributed by atoms with E-state index in [9.17, 15) is 14.0 Å². The second-order valence-electron chi connectivity index (χ2n) is 5.05. The quantitative estimate of drug-likeness (QED) is 0.774. The van der Waals surface area contributed by atoms with Gasteiger partial charge >= 0.3 is 0 Å². The third kappa shape index (κ3) is 3.75. The van der Waals surface area contributed by atoms with Gasteiger partial charge in [-0.15, -0.1) is 11.3 Å². The minimum absolute atomic E-state index is 0.158. The fourth-order valence-electron chi connectivity index (χ4n) is 2.16. The first-order valence-electron chi connectivity index (χ1n) is 7.27. The fourth-order valence-corrected chi connectivity index (χ4v) is 2.80. The Balaban J connectivity index is 1.64. The van der Waals surface area contributed by atoms with Gasteiger partial charge in [0.15, 0.2) is 0 Å². The Kier molecular flexibility index (Phi) is 4.81. The molecular weight excluding hydrogens is 329 g/mol. The van der Waals surface area contributed by atoms with Gasteiger partial charge < -0.3 is 5.32 Å². The van der Waals surface area contributed by atoms with E-state index in [1.165, 1.54) is 40.4 Å². The SMILES string of the molecule is O=C(NCCn1cnc(-c2ccc(F)cc2)cc1=O)c1cccs1. The summed E-state index contributed by atoms with van der Waals surface area (Å²) in [7, 11) is 0. The average molecular weight is 343 g/mol. The Hall–Kier alpha value is -2.80. The standard InChI is InChI=1S/C17H14FN3O2S/c18-13-5-3-12(4-6-13)14-10-16(22)21(11-20-14)8-7-19-17(23)15-2-1-9-24-15/h1-6,9-11H,7-8H2,(H,19,23). The molecule has 0 aliphatic rings. The van der Waals surface area contributed by atoms with Crippen LogP contribution in [-0.4, -0.2) is 22.0 Å². The van der Waals surface area contributed by atoms with E-state index in [2.05, 4.69) is 10.3 Å². The number of nitrogens with zero attached hydrogens (tertiary/aromatic N) is 2. The number of aromatic nitrogens is 2. The maximum atomic E-state index is 12.9. The topological polar surface area (TPSA) is 64.0 Å². The van der Waals surface area contributed by atoms with E-state index in [-0.39, 0.29) is 17.3 Å². The summed E-state index contributed by atoms with van der Waals surface area (Å²) in [5, 5.41) is 4.59. The molecule has 3 rings (SSSR count). The molecule has 3 aromatic rings. The first-order valence-corrected chi connectivity index (χ1v) is 8.15. The summed E-state index contributed by atoms with van der Waals surface area (Å²) >= 11 is 1.36. The minimum atomic E-state index is -0.339. The Morgan fingerprint density at radius 1 is 1.25 bits per heavy atom. The van der Waals surface area contributed by atoms with E-state index in [4.69, 9.17) is 0 Å². The van der Waals surface area contributed by atoms with Crippen molar-refractivity contribution in [1.29, 1.82) is 0 Å². The molecule has 1 N–H and O–H groups in total. The van der Waals surface area contributed by atoms with Crippen LogP contribution in [-0.2, 0) is 6.54 Å². The number of rotatable bonds is 5. The number of hydrogen-bond donors (Lipinski definition) is 1. The molecule has 2 heterocycles. The molecule has 2 aromatic heterocycles. The third-order valence-electron chi connectivity index (χ3n) is 3.40. The van der Waals surface area contributed by atoms with Crippen molar-refractivity contribution in [2.75, 3.05) is 6.54 Å². The van der Waals surface area contributed by atoms with E-state index < -0.39 is 0 Å². The van der Waals surface area contributed by atoms with Crippen molar-refractivity contribution in [2.24, 2.45) is 0 Å². The number of hydrogen-bond acceptors (Lipinski definition) is 4. The predicted octanol–water partition coefficient (Wildman–Crippen LogP) is 2.54. The molecule has 1 amide bonds. The first-order chi connectivity index (χ1) is 11.6. The zero-order valence-electron chi connectivity index (χ0n) is 12.6. The van der Waals surface area contributed by atoms with Crippen LogP contribution in [0.3, 0.4) is 0 Å². The van der Waals surface area contributed by atoms with Gasteiger partial charge in [-0.2, -0.15) is 0 Å². The van der Waals surface area contributed by atoms with E-state index in [0.29, 0.717) is 29.2 Å². The van der Waals surface area contributed by atoms with Gasteiger partial charge in [-0.3, -0.25) is 14.2 Å². The van der Waals surface area contributed by atoms with Crippen LogP contribution >= 0.6 is 11.3 Å². The first kappa shape index (κ1) is 16.1. The van der Waals surface area contributed by atoms with Crippen LogP contribution < -0.4 is 10.9 Å². The van der Waals surface area contributed by atoms with Crippen LogP contribution in [0.4, 0.5) is 4.39 Å². The minimum Gasteiger partial charge on any atom is -0.350 e. The molecule has 0 saturated heterocycles. The molecule has 5 nitrogen and oxygen atoms in total. The Labute approximate surface area is 141 Å². The maximum Gasteiger partial charge on any atom is 0.261 e. The van der Waals surface area contributed by atoms with Gasteiger partial charge in [0.25, 0.3) is 11.5 Å². The van der Waals surface area contributed by atoms with Gasteiger partial charge in [0, 0.05) is 24.7 Å². The lowest BCUT2D eigenvalue weighted by Crippen LogP contribution is -2.30. The summed E-state index contributed by atoms with van der Waals surface area (Å²) in [6.45, 7) is 0.654. The summed E-state index contributed by atoms with van der Waals surface area (Å²) < 4.78 is 14.4. The molecule has 0 fully saturated rings. The van der Waals surface area contributed by atoms with E-state index in [1.807, 2.05) is 11.4 Å². The van der Waals surface area contributed by atoms with E-state index >= 15 is 0 Å². The number of nitrogens with one attached hydrogen (secondary N) is 1. The van der Waals surface area contributed by atoms with Crippen LogP contribution in [0.5, 0.6) is 0 Å². The summed E-state index contributed by atoms with van der Waals surface area (Å²) in [5.41, 5.74) is 0.931. The lowest BCUT2D eigenvalue weighted by molar-refractivity contribution is 0.0956. The average Bonchev–Trinajstić information content (AvgIpc) is 3.11. The number of benzene rings is 1. The van der Waals surface area contributed by atoms with Crippen molar-refractivity contribution < 1.29 is 9.18 Å². The second-order valence-corrected chi connectivity index (χ2v) is 5.99. The van der Waals surface area contributed by atoms with Crippen molar-refractivity contribution in [3.05, 3.63) is 75.2 Å². The molecule has 0 atom stereocenters. The predicted molar refractivity (Wildman–Crippen MR) is 90.5 cm³/mol. The number of amides is 1. The van der Waals surface area contributed by atoms with Crippen molar-refractivity contribution >= 4 is 17.2 Å². The summed E-state index contributed by atoms with van der Waals surface area (Å²) in [5.74, 6) is -0.498. The molecule has 0 bridgehead atoms. The summed E-state index contributed by atoms with van der Waals surface area (Å²) in [6, 6.07) is 10.7. The number of halogens is 1. The number of thiophene rings is 1. The van der Waals surface area contributed by atoms with Crippen LogP contribution in [0.25, 0.3) is 11.3 Å². The molecule has 0 unspecified atom stereocenters. The normalized spacial score (nSPS) is 10.5. The highest BCUT2D eigenvalue weighted by atomic mass is 32.1. The summed E-state index contributed by atoms with van der Waals surface area (Å²) in [6.07, 6.45) is 1.43. The molecule has 0 radical (unpaired) electrons. The van der Waals surface area contributed by atoms with Crippen LogP contribution in [0.1, 0.15) is 9.67 Å². The fraction of sp³-hybridized carbons (Fsp3) is 0.118. The van der Waals surface area contributed by atoms with Crippen molar-refractivity contribution in [3.63, 3.8) is 0 Å². The number of carbonyl (C=O) groups excluding carboxylic acids is 1. The Morgan fingerprint density at radius 3 is 2.71 bits per heavy atom. The van der Waals surface area contributed by atoms with Crippen LogP contribution in [0, 0.1) is 5.82 Å². The monoisotopic (exact) mass is 343 g/mol. The molecule has 0 saturated carbocycles. The lowest BCUT2D eigenvalue weighted by Gasteiger charge is -2.07. The van der Waals surface area contributed by atoms with Gasteiger partial charge in [0.05, 0.1) is 16.9 Å². The molecule has 24 heavy (non-hydrogen) atoms. The van der Waals surface area contributed by atoms with Gasteiger partial charge in [0.2, 0.25) is 0 Å². The van der Waals surface area contributed by atoms with Crippen LogP contribution in [0.2, 0.25) is 0 Å². The lowest BCUT2D eigenvalue weighted by atomic mass is 10.1. The van der Waals surface area contributed by atoms with E-state index in [0.717, 1.165) is 0 Å². The maximum absolute atomic E-state index is 12.9. The second kappa shape index (κ2) is 7.18. The molecule has 0 aliphatic heterocycles. The zero-order chi connectivity index (χ0) is 16.9. The van der Waals surface area contributed by atoms with Gasteiger partial charge in [-0.1, -0.05) is 6.07 Å². The molecule has 0 spiro atoms. The van der Waals surface area contributed by atoms with Crippen molar-refractivity contribution in [3.8, 4) is 11.3 Å². The van der Waals surface area contributed by atoms with E-state index in [1.54, 1.807) is 18.2 Å². The highest BCUT2D eigenvalue weighted by Crippen LogP contribution is 2.15. The Bertz CT molecular complexity index is 889. The van der Waals surface area contributed by atoms with Crippen molar-refractivity contribution in [1.82, 2.24) is 14.9 Å². The highest BCUT2D eigenvalue weighted by molar-refractivity contribution is 7.12. The molecular formula is C17H14FN3O2S. The largest absolute Gasteiger partial charge is 0.350 e. The molecule has 1 aromatic carbocycles. The molecule has 0 aliphatic carbocycles. The van der Waals surface area contributed by atoms with Crippen molar-refractivity contribution in [2.45, 2.75) is 6.54 Å². The molecule has 122 valence electrons. The smallest absolute Gasteiger partial charge is 0.261 e. The zero-order valence-corrected chi connectivity index (χ0v) is 13.4. The summed E-state index contributed by atoms with van der Waals surface area (Å²) in [4.78, 5) is 28.8. The van der Waals surface area contributed by atoms with Gasteiger partial charge in [-0.25, -0.2) is 9.37 Å². The highest BCUT2D eigenvalue weighted by Gasteiger charge is 2.06. The molecule has 7 heteroatoms. The third-order valence-corrected chi connectivity index (χ3v) is 4.27. The van der Waals surface area contributed by atoms with Crippen LogP contribution in [0.15, 0.2) is 59.0 Å².